The van der Waals surface area contributed by atoms with Gasteiger partial charge < -0.3 is 8.23 Å². The van der Waals surface area contributed by atoms with Gasteiger partial charge >= 0.3 is 17.1 Å². The van der Waals surface area contributed by atoms with Gasteiger partial charge in [0.05, 0.1) is 0 Å². The molecule has 1 heterocycles. The maximum Gasteiger partial charge on any atom is 0.391 e. The van der Waals surface area contributed by atoms with Crippen LogP contribution in [0.3, 0.4) is 0 Å². The Morgan fingerprint density at radius 3 is 1.00 bits per heavy atom. The highest BCUT2D eigenvalue weighted by molar-refractivity contribution is 7.16. The van der Waals surface area contributed by atoms with E-state index in [0.717, 1.165) is 0 Å². The fourth-order valence-electron chi connectivity index (χ4n) is 6.87. The third-order valence-electron chi connectivity index (χ3n) is 8.06. The summed E-state index contributed by atoms with van der Waals surface area (Å²) in [5.41, 5.74) is 12.6. The Balaban J connectivity index is 1.84. The van der Waals surface area contributed by atoms with Crippen LogP contribution in [0.4, 0.5) is 0 Å². The van der Waals surface area contributed by atoms with E-state index >= 15 is 0 Å². The average molecular weight is 537 g/mol. The van der Waals surface area contributed by atoms with Crippen LogP contribution in [0.5, 0.6) is 0 Å². The second-order valence-electron chi connectivity index (χ2n) is 11.6. The molecule has 1 aliphatic heterocycles. The Bertz CT molecular complexity index is 1420. The smallest absolute Gasteiger partial charge is 0.391 e. The lowest BCUT2D eigenvalue weighted by molar-refractivity contribution is 0.266. The number of hydrogen-bond donors (Lipinski definition) is 0. The van der Waals surface area contributed by atoms with Crippen molar-refractivity contribution in [3.8, 4) is 0 Å². The summed E-state index contributed by atoms with van der Waals surface area (Å²) in [6.45, 7) is 22.0. The summed E-state index contributed by atoms with van der Waals surface area (Å²) in [5, 5.41) is 5.00. The predicted octanol–water partition coefficient (Wildman–Crippen LogP) is 5.63. The topological polar surface area (TPSA) is 18.5 Å². The lowest BCUT2D eigenvalue weighted by atomic mass is 10.1. The largest absolute Gasteiger partial charge is 0.402 e. The SMILES string of the molecule is Cc1ccc([Si]2(c3ccc(C)cc3C)O[Si](c3c(C)cc(C)cc3C)(c3c(C)cc(C)cc3C)O2)c(C)c1. The van der Waals surface area contributed by atoms with Gasteiger partial charge in [-0.15, -0.1) is 0 Å². The van der Waals surface area contributed by atoms with Crippen molar-refractivity contribution >= 4 is 37.9 Å². The molecule has 4 aromatic rings. The normalized spacial score (nSPS) is 15.8. The lowest BCUT2D eigenvalue weighted by Crippen LogP contribution is -2.89. The van der Waals surface area contributed by atoms with E-state index in [1.807, 2.05) is 0 Å². The Morgan fingerprint density at radius 1 is 0.368 bits per heavy atom. The molecule has 1 fully saturated rings. The van der Waals surface area contributed by atoms with Gasteiger partial charge in [-0.2, -0.15) is 0 Å². The summed E-state index contributed by atoms with van der Waals surface area (Å²) in [6.07, 6.45) is 0. The minimum Gasteiger partial charge on any atom is -0.402 e. The molecule has 0 aromatic heterocycles. The molecule has 0 unspecified atom stereocenters. The van der Waals surface area contributed by atoms with Crippen molar-refractivity contribution < 1.29 is 8.23 Å². The van der Waals surface area contributed by atoms with Gasteiger partial charge in [-0.05, 0) is 103 Å². The Morgan fingerprint density at radius 2 is 0.684 bits per heavy atom. The van der Waals surface area contributed by atoms with Crippen LogP contribution in [0.15, 0.2) is 60.7 Å². The molecule has 38 heavy (non-hydrogen) atoms. The maximum absolute atomic E-state index is 7.76. The van der Waals surface area contributed by atoms with Gasteiger partial charge in [-0.3, -0.25) is 0 Å². The van der Waals surface area contributed by atoms with Crippen LogP contribution in [-0.2, 0) is 8.23 Å². The first-order chi connectivity index (χ1) is 17.9. The number of aryl methyl sites for hydroxylation is 10. The van der Waals surface area contributed by atoms with Gasteiger partial charge in [0.1, 0.15) is 0 Å². The van der Waals surface area contributed by atoms with Gasteiger partial charge in [0.2, 0.25) is 0 Å². The zero-order chi connectivity index (χ0) is 27.6. The second-order valence-corrected chi connectivity index (χ2v) is 17.8. The lowest BCUT2D eigenvalue weighted by Gasteiger charge is -2.55. The molecule has 0 radical (unpaired) electrons. The van der Waals surface area contributed by atoms with Gasteiger partial charge in [0.15, 0.2) is 0 Å². The van der Waals surface area contributed by atoms with Crippen LogP contribution < -0.4 is 20.7 Å². The molecule has 196 valence electrons. The van der Waals surface area contributed by atoms with Crippen LogP contribution in [0.25, 0.3) is 0 Å². The Kier molecular flexibility index (Phi) is 6.68. The molecule has 0 bridgehead atoms. The van der Waals surface area contributed by atoms with Crippen molar-refractivity contribution in [1.82, 2.24) is 0 Å². The summed E-state index contributed by atoms with van der Waals surface area (Å²) in [5.74, 6) is 0. The molecular weight excluding hydrogens is 497 g/mol. The maximum atomic E-state index is 7.76. The van der Waals surface area contributed by atoms with Gasteiger partial charge in [0.25, 0.3) is 0 Å². The van der Waals surface area contributed by atoms with Crippen molar-refractivity contribution in [3.05, 3.63) is 116 Å². The van der Waals surface area contributed by atoms with E-state index < -0.39 is 17.1 Å². The molecule has 0 aliphatic carbocycles. The fraction of sp³-hybridized carbons (Fsp3) is 0.294. The predicted molar refractivity (Wildman–Crippen MR) is 165 cm³/mol. The summed E-state index contributed by atoms with van der Waals surface area (Å²) in [6, 6.07) is 22.6. The molecular formula is C34H40O2Si2. The highest BCUT2D eigenvalue weighted by atomic mass is 28.5. The third-order valence-corrected chi connectivity index (χ3v) is 18.1. The van der Waals surface area contributed by atoms with E-state index in [2.05, 4.69) is 130 Å². The second kappa shape index (κ2) is 9.46. The van der Waals surface area contributed by atoms with Crippen LogP contribution in [0, 0.1) is 69.2 Å². The Labute approximate surface area is 231 Å². The Hall–Kier alpha value is -2.77. The summed E-state index contributed by atoms with van der Waals surface area (Å²) in [7, 11) is -6.02. The van der Waals surface area contributed by atoms with E-state index in [4.69, 9.17) is 8.23 Å². The molecule has 0 N–H and O–H groups in total. The first-order valence-electron chi connectivity index (χ1n) is 13.6. The highest BCUT2D eigenvalue weighted by Gasteiger charge is 2.68. The molecule has 1 aliphatic rings. The molecule has 4 aromatic carbocycles. The first kappa shape index (κ1) is 26.8. The number of rotatable bonds is 4. The molecule has 0 amide bonds. The zero-order valence-corrected chi connectivity index (χ0v) is 26.6. The summed E-state index contributed by atoms with van der Waals surface area (Å²) in [4.78, 5) is 0. The molecule has 4 heteroatoms. The molecule has 1 saturated heterocycles. The zero-order valence-electron chi connectivity index (χ0n) is 24.6. The standard InChI is InChI=1S/C34H40O2Si2/c1-21-11-13-31(25(5)15-21)37(32-14-12-22(2)16-26(32)6)35-38(36-37,33-27(7)17-23(3)18-28(33)8)34-29(9)19-24(4)20-30(34)10/h11-20H,1-10H3. The van der Waals surface area contributed by atoms with E-state index in [1.165, 1.54) is 76.4 Å². The molecule has 0 spiro atoms. The van der Waals surface area contributed by atoms with Crippen molar-refractivity contribution in [2.24, 2.45) is 0 Å². The molecule has 0 atom stereocenters. The number of hydrogen-bond acceptors (Lipinski definition) is 2. The fourth-order valence-corrected chi connectivity index (χ4v) is 18.3. The van der Waals surface area contributed by atoms with E-state index in [9.17, 15) is 0 Å². The minimum atomic E-state index is -3.03. The van der Waals surface area contributed by atoms with Gasteiger partial charge in [-0.1, -0.05) is 82.9 Å². The minimum absolute atomic E-state index is 1.23. The average Bonchev–Trinajstić information content (AvgIpc) is 2.75. The molecule has 5 rings (SSSR count). The van der Waals surface area contributed by atoms with Crippen molar-refractivity contribution in [2.75, 3.05) is 0 Å². The summed E-state index contributed by atoms with van der Waals surface area (Å²) >= 11 is 0. The van der Waals surface area contributed by atoms with Gasteiger partial charge in [-0.25, -0.2) is 0 Å². The van der Waals surface area contributed by atoms with Gasteiger partial charge in [0, 0.05) is 20.7 Å². The van der Waals surface area contributed by atoms with Crippen LogP contribution >= 0.6 is 0 Å². The number of benzene rings is 4. The highest BCUT2D eigenvalue weighted by Crippen LogP contribution is 2.35. The van der Waals surface area contributed by atoms with Crippen LogP contribution in [0.2, 0.25) is 0 Å². The van der Waals surface area contributed by atoms with Crippen LogP contribution in [0.1, 0.15) is 55.6 Å². The molecule has 0 saturated carbocycles. The quantitative estimate of drug-likeness (QED) is 0.315. The van der Waals surface area contributed by atoms with E-state index in [-0.39, 0.29) is 0 Å². The van der Waals surface area contributed by atoms with E-state index in [1.54, 1.807) is 0 Å². The van der Waals surface area contributed by atoms with E-state index in [0.29, 0.717) is 0 Å². The van der Waals surface area contributed by atoms with Crippen molar-refractivity contribution in [2.45, 2.75) is 69.2 Å². The summed E-state index contributed by atoms with van der Waals surface area (Å²) < 4.78 is 15.5. The van der Waals surface area contributed by atoms with Crippen LogP contribution in [-0.4, -0.2) is 17.1 Å². The molecule has 2 nitrogen and oxygen atoms in total. The van der Waals surface area contributed by atoms with Crippen molar-refractivity contribution in [1.29, 1.82) is 0 Å². The third kappa shape index (κ3) is 4.15. The monoisotopic (exact) mass is 536 g/mol. The van der Waals surface area contributed by atoms with Crippen molar-refractivity contribution in [3.63, 3.8) is 0 Å². The first-order valence-corrected chi connectivity index (χ1v) is 17.2.